The summed E-state index contributed by atoms with van der Waals surface area (Å²) in [5.74, 6) is -0.593. The summed E-state index contributed by atoms with van der Waals surface area (Å²) in [6.07, 6.45) is 1.77. The Bertz CT molecular complexity index is 967. The molecule has 6 heteroatoms. The molecular weight excluding hydrogens is 342 g/mol. The van der Waals surface area contributed by atoms with Crippen molar-refractivity contribution in [1.82, 2.24) is 4.98 Å². The van der Waals surface area contributed by atoms with Crippen molar-refractivity contribution in [2.24, 2.45) is 0 Å². The fourth-order valence-corrected chi connectivity index (χ4v) is 2.76. The Morgan fingerprint density at radius 3 is 2.30 bits per heavy atom. The number of rotatable bonds is 5. The van der Waals surface area contributed by atoms with Gasteiger partial charge in [-0.05, 0) is 54.8 Å². The van der Waals surface area contributed by atoms with E-state index in [9.17, 15) is 14.9 Å². The van der Waals surface area contributed by atoms with E-state index < -0.39 is 10.8 Å². The molecule has 1 unspecified atom stereocenters. The minimum Gasteiger partial charge on any atom is -0.326 e. The van der Waals surface area contributed by atoms with Crippen LogP contribution >= 0.6 is 0 Å². The van der Waals surface area contributed by atoms with Gasteiger partial charge in [0.1, 0.15) is 0 Å². The number of non-ortho nitro benzene ring substituents is 1. The lowest BCUT2D eigenvalue weighted by Gasteiger charge is -2.13. The molecule has 1 atom stereocenters. The maximum absolute atomic E-state index is 12.5. The minimum absolute atomic E-state index is 0.00768. The Balaban J connectivity index is 1.69. The van der Waals surface area contributed by atoms with Crippen molar-refractivity contribution in [3.63, 3.8) is 0 Å². The van der Waals surface area contributed by atoms with Crippen LogP contribution < -0.4 is 5.32 Å². The standard InChI is InChI=1S/C21H19N3O3/c1-14-13-18(11-12-22-14)17-3-7-19(8-4-17)23-21(25)15(2)16-5-9-20(10-6-16)24(26)27/h3-13,15H,1-2H3,(H,23,25). The lowest BCUT2D eigenvalue weighted by Crippen LogP contribution is -2.18. The third-order valence-corrected chi connectivity index (χ3v) is 4.38. The number of aryl methyl sites for hydroxylation is 1. The van der Waals surface area contributed by atoms with Crippen LogP contribution in [0.4, 0.5) is 11.4 Å². The van der Waals surface area contributed by atoms with Gasteiger partial charge in [0.05, 0.1) is 10.8 Å². The van der Waals surface area contributed by atoms with E-state index in [-0.39, 0.29) is 11.6 Å². The average Bonchev–Trinajstić information content (AvgIpc) is 2.68. The van der Waals surface area contributed by atoms with E-state index in [0.717, 1.165) is 22.4 Å². The predicted molar refractivity (Wildman–Crippen MR) is 105 cm³/mol. The number of hydrogen-bond donors (Lipinski definition) is 1. The maximum Gasteiger partial charge on any atom is 0.269 e. The summed E-state index contributed by atoms with van der Waals surface area (Å²) in [6.45, 7) is 3.71. The average molecular weight is 361 g/mol. The van der Waals surface area contributed by atoms with Crippen molar-refractivity contribution in [1.29, 1.82) is 0 Å². The van der Waals surface area contributed by atoms with Crippen LogP contribution in [0.1, 0.15) is 24.1 Å². The zero-order chi connectivity index (χ0) is 19.4. The Morgan fingerprint density at radius 2 is 1.70 bits per heavy atom. The predicted octanol–water partition coefficient (Wildman–Crippen LogP) is 4.71. The van der Waals surface area contributed by atoms with Gasteiger partial charge in [0.15, 0.2) is 0 Å². The van der Waals surface area contributed by atoms with E-state index in [2.05, 4.69) is 10.3 Å². The number of amides is 1. The molecule has 0 aliphatic rings. The number of aromatic nitrogens is 1. The van der Waals surface area contributed by atoms with Crippen LogP contribution in [0.5, 0.6) is 0 Å². The second kappa shape index (κ2) is 7.78. The molecule has 0 fully saturated rings. The number of hydrogen-bond acceptors (Lipinski definition) is 4. The number of pyridine rings is 1. The van der Waals surface area contributed by atoms with Crippen LogP contribution in [0.2, 0.25) is 0 Å². The minimum atomic E-state index is -0.458. The number of nitrogens with zero attached hydrogens (tertiary/aromatic N) is 2. The summed E-state index contributed by atoms with van der Waals surface area (Å²) < 4.78 is 0. The summed E-state index contributed by atoms with van der Waals surface area (Å²) in [5, 5.41) is 13.6. The maximum atomic E-state index is 12.5. The van der Waals surface area contributed by atoms with Crippen molar-refractivity contribution in [2.45, 2.75) is 19.8 Å². The molecule has 1 aromatic heterocycles. The third-order valence-electron chi connectivity index (χ3n) is 4.38. The van der Waals surface area contributed by atoms with E-state index in [4.69, 9.17) is 0 Å². The Hall–Kier alpha value is -3.54. The number of anilines is 1. The molecule has 0 saturated heterocycles. The van der Waals surface area contributed by atoms with Crippen LogP contribution in [-0.4, -0.2) is 15.8 Å². The Kier molecular flexibility index (Phi) is 5.26. The highest BCUT2D eigenvalue weighted by atomic mass is 16.6. The molecule has 1 amide bonds. The third kappa shape index (κ3) is 4.36. The second-order valence-electron chi connectivity index (χ2n) is 6.32. The summed E-state index contributed by atoms with van der Waals surface area (Å²) in [6, 6.07) is 17.6. The second-order valence-corrected chi connectivity index (χ2v) is 6.32. The molecule has 0 spiro atoms. The molecule has 2 aromatic carbocycles. The lowest BCUT2D eigenvalue weighted by atomic mass is 10.00. The summed E-state index contributed by atoms with van der Waals surface area (Å²) >= 11 is 0. The van der Waals surface area contributed by atoms with Crippen molar-refractivity contribution in [2.75, 3.05) is 5.32 Å². The van der Waals surface area contributed by atoms with Gasteiger partial charge < -0.3 is 5.32 Å². The number of benzene rings is 2. The topological polar surface area (TPSA) is 85.1 Å². The zero-order valence-electron chi connectivity index (χ0n) is 15.0. The van der Waals surface area contributed by atoms with Crippen molar-refractivity contribution < 1.29 is 9.72 Å². The van der Waals surface area contributed by atoms with Crippen LogP contribution in [0, 0.1) is 17.0 Å². The van der Waals surface area contributed by atoms with Crippen LogP contribution in [0.25, 0.3) is 11.1 Å². The number of carbonyl (C=O) groups is 1. The van der Waals surface area contributed by atoms with Gasteiger partial charge in [0, 0.05) is 29.7 Å². The molecule has 27 heavy (non-hydrogen) atoms. The Morgan fingerprint density at radius 1 is 1.04 bits per heavy atom. The first-order valence-electron chi connectivity index (χ1n) is 8.52. The zero-order valence-corrected chi connectivity index (χ0v) is 15.0. The molecule has 1 heterocycles. The largest absolute Gasteiger partial charge is 0.326 e. The molecule has 0 aliphatic carbocycles. The molecule has 0 saturated carbocycles. The number of nitro groups is 1. The number of carbonyl (C=O) groups excluding carboxylic acids is 1. The summed E-state index contributed by atoms with van der Waals surface area (Å²) in [5.41, 5.74) is 4.49. The molecular formula is C21H19N3O3. The molecule has 6 nitrogen and oxygen atoms in total. The van der Waals surface area contributed by atoms with Gasteiger partial charge in [-0.25, -0.2) is 0 Å². The van der Waals surface area contributed by atoms with Gasteiger partial charge >= 0.3 is 0 Å². The smallest absolute Gasteiger partial charge is 0.269 e. The fourth-order valence-electron chi connectivity index (χ4n) is 2.76. The van der Waals surface area contributed by atoms with Crippen LogP contribution in [0.15, 0.2) is 66.9 Å². The van der Waals surface area contributed by atoms with Gasteiger partial charge in [-0.1, -0.05) is 24.3 Å². The van der Waals surface area contributed by atoms with Crippen LogP contribution in [0.3, 0.4) is 0 Å². The van der Waals surface area contributed by atoms with Gasteiger partial charge in [-0.3, -0.25) is 19.9 Å². The highest BCUT2D eigenvalue weighted by Crippen LogP contribution is 2.24. The molecule has 3 aromatic rings. The molecule has 3 rings (SSSR count). The van der Waals surface area contributed by atoms with E-state index in [1.54, 1.807) is 25.3 Å². The highest BCUT2D eigenvalue weighted by molar-refractivity contribution is 5.95. The lowest BCUT2D eigenvalue weighted by molar-refractivity contribution is -0.384. The van der Waals surface area contributed by atoms with E-state index in [1.807, 2.05) is 43.3 Å². The number of nitro benzene ring substituents is 1. The first-order chi connectivity index (χ1) is 12.9. The highest BCUT2D eigenvalue weighted by Gasteiger charge is 2.16. The monoisotopic (exact) mass is 361 g/mol. The van der Waals surface area contributed by atoms with Crippen molar-refractivity contribution in [3.8, 4) is 11.1 Å². The number of nitrogens with one attached hydrogen (secondary N) is 1. The van der Waals surface area contributed by atoms with E-state index in [1.165, 1.54) is 12.1 Å². The molecule has 0 radical (unpaired) electrons. The van der Waals surface area contributed by atoms with Gasteiger partial charge in [0.2, 0.25) is 5.91 Å². The Labute approximate surface area is 157 Å². The first-order valence-corrected chi connectivity index (χ1v) is 8.52. The van der Waals surface area contributed by atoms with Gasteiger partial charge in [-0.2, -0.15) is 0 Å². The van der Waals surface area contributed by atoms with Crippen molar-refractivity contribution in [3.05, 3.63) is 88.2 Å². The van der Waals surface area contributed by atoms with Gasteiger partial charge in [-0.15, -0.1) is 0 Å². The summed E-state index contributed by atoms with van der Waals surface area (Å²) in [7, 11) is 0. The SMILES string of the molecule is Cc1cc(-c2ccc(NC(=O)C(C)c3ccc([N+](=O)[O-])cc3)cc2)ccn1. The van der Waals surface area contributed by atoms with E-state index in [0.29, 0.717) is 5.69 Å². The normalized spacial score (nSPS) is 11.6. The molecule has 0 aliphatic heterocycles. The first kappa shape index (κ1) is 18.3. The van der Waals surface area contributed by atoms with Crippen molar-refractivity contribution >= 4 is 17.3 Å². The van der Waals surface area contributed by atoms with Crippen LogP contribution in [-0.2, 0) is 4.79 Å². The fraction of sp³-hybridized carbons (Fsp3) is 0.143. The molecule has 136 valence electrons. The summed E-state index contributed by atoms with van der Waals surface area (Å²) in [4.78, 5) is 26.9. The van der Waals surface area contributed by atoms with Gasteiger partial charge in [0.25, 0.3) is 5.69 Å². The van der Waals surface area contributed by atoms with E-state index >= 15 is 0 Å². The molecule has 0 bridgehead atoms. The molecule has 1 N–H and O–H groups in total. The quantitative estimate of drug-likeness (QED) is 0.527.